The molecule has 0 aliphatic carbocycles. The van der Waals surface area contributed by atoms with E-state index < -0.39 is 5.82 Å². The molecule has 0 bridgehead atoms. The van der Waals surface area contributed by atoms with E-state index in [0.717, 1.165) is 29.3 Å². The number of rotatable bonds is 6. The van der Waals surface area contributed by atoms with Gasteiger partial charge in [0.2, 0.25) is 5.06 Å². The monoisotopic (exact) mass is 428 g/mol. The van der Waals surface area contributed by atoms with Crippen molar-refractivity contribution in [1.82, 2.24) is 9.27 Å². The van der Waals surface area contributed by atoms with Crippen LogP contribution in [0.5, 0.6) is 10.8 Å². The predicted octanol–water partition coefficient (Wildman–Crippen LogP) is 6.19. The third kappa shape index (κ3) is 4.56. The molecule has 0 saturated heterocycles. The highest BCUT2D eigenvalue weighted by atomic mass is 35.5. The van der Waals surface area contributed by atoms with Crippen molar-refractivity contribution >= 4 is 35.2 Å². The first kappa shape index (κ1) is 20.8. The van der Waals surface area contributed by atoms with Crippen molar-refractivity contribution in [3.63, 3.8) is 0 Å². The van der Waals surface area contributed by atoms with Crippen LogP contribution in [0.2, 0.25) is 5.02 Å². The number of halogens is 2. The van der Waals surface area contributed by atoms with Gasteiger partial charge in [0, 0.05) is 30.7 Å². The molecule has 2 aromatic carbocycles. The van der Waals surface area contributed by atoms with E-state index in [-0.39, 0.29) is 21.9 Å². The molecule has 0 N–H and O–H groups in total. The van der Waals surface area contributed by atoms with E-state index in [0.29, 0.717) is 10.8 Å². The van der Waals surface area contributed by atoms with Gasteiger partial charge < -0.3 is 9.64 Å². The van der Waals surface area contributed by atoms with Crippen molar-refractivity contribution < 1.29 is 9.13 Å². The van der Waals surface area contributed by atoms with Gasteiger partial charge >= 0.3 is 0 Å². The molecular formula is C21H18ClFN4OS. The van der Waals surface area contributed by atoms with Gasteiger partial charge in [-0.15, -0.1) is 0 Å². The third-order valence-corrected chi connectivity index (χ3v) is 5.27. The summed E-state index contributed by atoms with van der Waals surface area (Å²) in [6.45, 7) is 4.76. The molecule has 1 aromatic heterocycles. The summed E-state index contributed by atoms with van der Waals surface area (Å²) in [5, 5.41) is 10.2. The number of hydrogen-bond donors (Lipinski definition) is 0. The van der Waals surface area contributed by atoms with Gasteiger partial charge in [-0.2, -0.15) is 9.64 Å². The Morgan fingerprint density at radius 3 is 2.83 bits per heavy atom. The minimum atomic E-state index is -0.450. The molecule has 0 aliphatic rings. The molecule has 0 amide bonds. The average molecular weight is 429 g/mol. The number of ether oxygens (including phenoxy) is 1. The molecule has 0 unspecified atom stereocenters. The van der Waals surface area contributed by atoms with Crippen molar-refractivity contribution in [1.29, 1.82) is 5.26 Å². The van der Waals surface area contributed by atoms with E-state index in [4.69, 9.17) is 16.3 Å². The molecule has 0 fully saturated rings. The molecule has 0 radical (unpaired) electrons. The Morgan fingerprint density at radius 1 is 1.38 bits per heavy atom. The number of aryl methyl sites for hydroxylation is 1. The number of hydrogen-bond acceptors (Lipinski definition) is 5. The summed E-state index contributed by atoms with van der Waals surface area (Å²) in [4.78, 5) is 6.37. The van der Waals surface area contributed by atoms with Crippen LogP contribution in [0.1, 0.15) is 18.1 Å². The fraction of sp³-hybridized carbons (Fsp3) is 0.190. The van der Waals surface area contributed by atoms with E-state index >= 15 is 0 Å². The summed E-state index contributed by atoms with van der Waals surface area (Å²) in [5.74, 6) is -0.0683. The van der Waals surface area contributed by atoms with Crippen LogP contribution in [0.4, 0.5) is 10.1 Å². The minimum absolute atomic E-state index is 0.167. The van der Waals surface area contributed by atoms with Crippen LogP contribution in [0.15, 0.2) is 41.4 Å². The normalized spacial score (nSPS) is 10.9. The Balaban J connectivity index is 1.93. The van der Waals surface area contributed by atoms with Crippen molar-refractivity contribution in [3.05, 3.63) is 58.4 Å². The lowest BCUT2D eigenvalue weighted by atomic mass is 10.1. The Kier molecular flexibility index (Phi) is 6.47. The quantitative estimate of drug-likeness (QED) is 0.347. The number of aliphatic imine (C=N–C) groups is 1. The largest absolute Gasteiger partial charge is 0.442 e. The Bertz CT molecular complexity index is 1110. The van der Waals surface area contributed by atoms with Crippen molar-refractivity contribution in [2.45, 2.75) is 13.8 Å². The van der Waals surface area contributed by atoms with E-state index in [1.165, 1.54) is 6.07 Å². The minimum Gasteiger partial charge on any atom is -0.442 e. The summed E-state index contributed by atoms with van der Waals surface area (Å²) in [5.41, 5.74) is 2.26. The van der Waals surface area contributed by atoms with E-state index in [1.807, 2.05) is 25.8 Å². The SMILES string of the molecule is CCN(C)/C=N\c1cc(Cl)c(Oc2snc(-c3ccccc3F)c2C#N)cc1C. The van der Waals surface area contributed by atoms with Crippen LogP contribution in [0, 0.1) is 24.1 Å². The van der Waals surface area contributed by atoms with Crippen LogP contribution in [0.25, 0.3) is 11.3 Å². The Labute approximate surface area is 177 Å². The molecule has 1 heterocycles. The van der Waals surface area contributed by atoms with Crippen LogP contribution in [0.3, 0.4) is 0 Å². The molecule has 0 saturated carbocycles. The second kappa shape index (κ2) is 9.03. The molecule has 5 nitrogen and oxygen atoms in total. The zero-order valence-electron chi connectivity index (χ0n) is 16.1. The van der Waals surface area contributed by atoms with Gasteiger partial charge in [0.25, 0.3) is 0 Å². The molecular weight excluding hydrogens is 411 g/mol. The first-order chi connectivity index (χ1) is 13.9. The van der Waals surface area contributed by atoms with Crippen LogP contribution < -0.4 is 4.74 Å². The third-order valence-electron chi connectivity index (χ3n) is 4.25. The summed E-state index contributed by atoms with van der Waals surface area (Å²) in [6, 6.07) is 11.7. The van der Waals surface area contributed by atoms with Gasteiger partial charge in [-0.1, -0.05) is 23.7 Å². The Morgan fingerprint density at radius 2 is 2.14 bits per heavy atom. The van der Waals surface area contributed by atoms with Crippen LogP contribution in [-0.2, 0) is 0 Å². The maximum absolute atomic E-state index is 14.1. The second-order valence-corrected chi connectivity index (χ2v) is 7.42. The van der Waals surface area contributed by atoms with Gasteiger partial charge in [-0.05, 0) is 43.7 Å². The topological polar surface area (TPSA) is 61.5 Å². The predicted molar refractivity (Wildman–Crippen MR) is 115 cm³/mol. The zero-order chi connectivity index (χ0) is 21.0. The highest BCUT2D eigenvalue weighted by Gasteiger charge is 2.20. The fourth-order valence-corrected chi connectivity index (χ4v) is 3.41. The molecule has 0 spiro atoms. The Hall–Kier alpha value is -2.95. The number of nitriles is 1. The van der Waals surface area contributed by atoms with E-state index in [9.17, 15) is 9.65 Å². The first-order valence-corrected chi connectivity index (χ1v) is 9.96. The van der Waals surface area contributed by atoms with Gasteiger partial charge in [-0.3, -0.25) is 0 Å². The highest BCUT2D eigenvalue weighted by molar-refractivity contribution is 7.08. The van der Waals surface area contributed by atoms with Crippen molar-refractivity contribution in [2.24, 2.45) is 4.99 Å². The number of aromatic nitrogens is 1. The lowest BCUT2D eigenvalue weighted by Crippen LogP contribution is -2.14. The fourth-order valence-electron chi connectivity index (χ4n) is 2.48. The summed E-state index contributed by atoms with van der Waals surface area (Å²) in [7, 11) is 1.93. The van der Waals surface area contributed by atoms with Gasteiger partial charge in [-0.25, -0.2) is 9.38 Å². The zero-order valence-corrected chi connectivity index (χ0v) is 17.7. The molecule has 29 heavy (non-hydrogen) atoms. The average Bonchev–Trinajstić information content (AvgIpc) is 3.11. The lowest BCUT2D eigenvalue weighted by molar-refractivity contribution is 0.495. The summed E-state index contributed by atoms with van der Waals surface area (Å²) in [6.07, 6.45) is 1.73. The summed E-state index contributed by atoms with van der Waals surface area (Å²) >= 11 is 7.35. The molecule has 0 aliphatic heterocycles. The lowest BCUT2D eigenvalue weighted by Gasteiger charge is -2.11. The van der Waals surface area contributed by atoms with E-state index in [2.05, 4.69) is 15.4 Å². The second-order valence-electron chi connectivity index (χ2n) is 6.27. The smallest absolute Gasteiger partial charge is 0.218 e. The van der Waals surface area contributed by atoms with Gasteiger partial charge in [0.05, 0.1) is 17.0 Å². The molecule has 3 rings (SSSR count). The maximum Gasteiger partial charge on any atom is 0.218 e. The number of nitrogens with zero attached hydrogens (tertiary/aromatic N) is 4. The van der Waals surface area contributed by atoms with Gasteiger partial charge in [0.1, 0.15) is 28.9 Å². The molecule has 3 aromatic rings. The van der Waals surface area contributed by atoms with Crippen molar-refractivity contribution in [3.8, 4) is 28.1 Å². The van der Waals surface area contributed by atoms with Crippen molar-refractivity contribution in [2.75, 3.05) is 13.6 Å². The van der Waals surface area contributed by atoms with Gasteiger partial charge in [0.15, 0.2) is 0 Å². The number of benzene rings is 2. The summed E-state index contributed by atoms with van der Waals surface area (Å²) < 4.78 is 24.2. The molecule has 0 atom stereocenters. The standard InChI is InChI=1S/C21H18ClFN4OS/c1-4-27(3)12-25-18-10-16(22)19(9-13(18)2)28-21-15(11-24)20(26-29-21)14-7-5-6-8-17(14)23/h5-10,12H,4H2,1-3H3/b25-12-. The first-order valence-electron chi connectivity index (χ1n) is 8.81. The van der Waals surface area contributed by atoms with Crippen LogP contribution >= 0.6 is 23.1 Å². The maximum atomic E-state index is 14.1. The van der Waals surface area contributed by atoms with E-state index in [1.54, 1.807) is 36.7 Å². The molecule has 8 heteroatoms. The van der Waals surface area contributed by atoms with Crippen LogP contribution in [-0.4, -0.2) is 29.2 Å². The molecule has 148 valence electrons. The highest BCUT2D eigenvalue weighted by Crippen LogP contribution is 2.40.